The van der Waals surface area contributed by atoms with Gasteiger partial charge in [-0.2, -0.15) is 5.10 Å². The van der Waals surface area contributed by atoms with Gasteiger partial charge in [0.15, 0.2) is 0 Å². The van der Waals surface area contributed by atoms with E-state index >= 15 is 0 Å². The van der Waals surface area contributed by atoms with Gasteiger partial charge in [0.05, 0.1) is 17.5 Å². The Hall–Kier alpha value is -2.92. The lowest BCUT2D eigenvalue weighted by molar-refractivity contribution is 0.0851. The molecule has 1 aliphatic heterocycles. The average Bonchev–Trinajstić information content (AvgIpc) is 3.37. The predicted molar refractivity (Wildman–Crippen MR) is 100 cm³/mol. The minimum atomic E-state index is -0.140. The summed E-state index contributed by atoms with van der Waals surface area (Å²) in [5.41, 5.74) is 3.14. The first-order valence-corrected chi connectivity index (χ1v) is 8.92. The monoisotopic (exact) mass is 347 g/mol. The van der Waals surface area contributed by atoms with Gasteiger partial charge >= 0.3 is 0 Å². The van der Waals surface area contributed by atoms with Crippen molar-refractivity contribution in [3.63, 3.8) is 0 Å². The third kappa shape index (κ3) is 3.53. The number of nitrogens with one attached hydrogen (secondary N) is 1. The van der Waals surface area contributed by atoms with E-state index in [1.165, 1.54) is 0 Å². The molecule has 2 aromatic carbocycles. The zero-order valence-electron chi connectivity index (χ0n) is 14.5. The van der Waals surface area contributed by atoms with E-state index in [4.69, 9.17) is 4.74 Å². The maximum absolute atomic E-state index is 12.8. The van der Waals surface area contributed by atoms with Crippen molar-refractivity contribution in [1.82, 2.24) is 15.1 Å². The van der Waals surface area contributed by atoms with Crippen molar-refractivity contribution in [2.45, 2.75) is 18.9 Å². The number of carbonyl (C=O) groups excluding carboxylic acids is 1. The molecule has 3 aromatic rings. The molecular formula is C21H21N3O2. The summed E-state index contributed by atoms with van der Waals surface area (Å²) in [5, 5.41) is 7.67. The summed E-state index contributed by atoms with van der Waals surface area (Å²) in [6.45, 7) is 1.31. The number of benzene rings is 2. The highest BCUT2D eigenvalue weighted by Crippen LogP contribution is 2.21. The van der Waals surface area contributed by atoms with Crippen LogP contribution in [0.2, 0.25) is 0 Å². The number of para-hydroxylation sites is 1. The summed E-state index contributed by atoms with van der Waals surface area (Å²) < 4.78 is 7.29. The molecule has 1 amide bonds. The van der Waals surface area contributed by atoms with Crippen LogP contribution in [0, 0.1) is 0 Å². The van der Waals surface area contributed by atoms with E-state index in [0.29, 0.717) is 12.2 Å². The van der Waals surface area contributed by atoms with Gasteiger partial charge in [-0.1, -0.05) is 48.5 Å². The average molecular weight is 347 g/mol. The van der Waals surface area contributed by atoms with Crippen LogP contribution in [0.15, 0.2) is 66.7 Å². The standard InChI is InChI=1S/C21H21N3O2/c25-21(22-15-18-12-7-13-26-18)20-14-19(16-8-3-1-4-9-16)23-24(20)17-10-5-2-6-11-17/h1-6,8-11,14,18H,7,12-13,15H2,(H,22,25)/t18-/m0/s1. The fourth-order valence-electron chi connectivity index (χ4n) is 3.16. The van der Waals surface area contributed by atoms with Crippen LogP contribution in [0.1, 0.15) is 23.3 Å². The number of carbonyl (C=O) groups is 1. The maximum Gasteiger partial charge on any atom is 0.270 e. The molecule has 1 N–H and O–H groups in total. The number of hydrogen-bond acceptors (Lipinski definition) is 3. The van der Waals surface area contributed by atoms with Gasteiger partial charge in [-0.05, 0) is 31.0 Å². The number of amides is 1. The van der Waals surface area contributed by atoms with Crippen LogP contribution in [0.5, 0.6) is 0 Å². The largest absolute Gasteiger partial charge is 0.376 e. The van der Waals surface area contributed by atoms with Gasteiger partial charge in [-0.15, -0.1) is 0 Å². The molecule has 1 atom stereocenters. The Balaban J connectivity index is 1.65. The summed E-state index contributed by atoms with van der Waals surface area (Å²) in [7, 11) is 0. The lowest BCUT2D eigenvalue weighted by Gasteiger charge is -2.11. The predicted octanol–water partition coefficient (Wildman–Crippen LogP) is 3.45. The molecule has 4 rings (SSSR count). The van der Waals surface area contributed by atoms with Crippen LogP contribution < -0.4 is 5.32 Å². The second-order valence-corrected chi connectivity index (χ2v) is 6.37. The quantitative estimate of drug-likeness (QED) is 0.769. The fourth-order valence-corrected chi connectivity index (χ4v) is 3.16. The second kappa shape index (κ2) is 7.54. The van der Waals surface area contributed by atoms with Crippen molar-refractivity contribution in [2.24, 2.45) is 0 Å². The summed E-state index contributed by atoms with van der Waals surface area (Å²) in [4.78, 5) is 12.8. The Bertz CT molecular complexity index is 869. The molecule has 0 unspecified atom stereocenters. The number of nitrogens with zero attached hydrogens (tertiary/aromatic N) is 2. The topological polar surface area (TPSA) is 56.1 Å². The number of aromatic nitrogens is 2. The molecule has 5 heteroatoms. The lowest BCUT2D eigenvalue weighted by atomic mass is 10.1. The summed E-state index contributed by atoms with van der Waals surface area (Å²) >= 11 is 0. The molecule has 0 spiro atoms. The molecule has 0 saturated carbocycles. The SMILES string of the molecule is O=C(NC[C@@H]1CCCO1)c1cc(-c2ccccc2)nn1-c1ccccc1. The summed E-state index contributed by atoms with van der Waals surface area (Å²) in [5.74, 6) is -0.140. The highest BCUT2D eigenvalue weighted by atomic mass is 16.5. The maximum atomic E-state index is 12.8. The van der Waals surface area contributed by atoms with E-state index in [-0.39, 0.29) is 12.0 Å². The zero-order chi connectivity index (χ0) is 17.8. The van der Waals surface area contributed by atoms with Gasteiger partial charge in [-0.3, -0.25) is 4.79 Å². The van der Waals surface area contributed by atoms with Gasteiger partial charge in [0.2, 0.25) is 0 Å². The van der Waals surface area contributed by atoms with Gasteiger partial charge < -0.3 is 10.1 Å². The molecule has 1 aliphatic rings. The number of ether oxygens (including phenoxy) is 1. The molecule has 0 bridgehead atoms. The van der Waals surface area contributed by atoms with E-state index in [2.05, 4.69) is 10.4 Å². The normalized spacial score (nSPS) is 16.5. The first kappa shape index (κ1) is 16.5. The molecule has 132 valence electrons. The molecule has 1 aromatic heterocycles. The molecule has 1 saturated heterocycles. The van der Waals surface area contributed by atoms with Gasteiger partial charge in [0.1, 0.15) is 5.69 Å². The minimum absolute atomic E-state index is 0.112. The Morgan fingerprint density at radius 1 is 1.12 bits per heavy atom. The van der Waals surface area contributed by atoms with E-state index in [1.807, 2.05) is 66.7 Å². The molecule has 5 nitrogen and oxygen atoms in total. The minimum Gasteiger partial charge on any atom is -0.376 e. The highest BCUT2D eigenvalue weighted by Gasteiger charge is 2.20. The first-order chi connectivity index (χ1) is 12.8. The molecule has 0 radical (unpaired) electrons. The van der Waals surface area contributed by atoms with Crippen molar-refractivity contribution in [3.05, 3.63) is 72.4 Å². The molecule has 2 heterocycles. The van der Waals surface area contributed by atoms with Crippen molar-refractivity contribution in [2.75, 3.05) is 13.2 Å². The fraction of sp³-hybridized carbons (Fsp3) is 0.238. The third-order valence-electron chi connectivity index (χ3n) is 4.53. The van der Waals surface area contributed by atoms with Crippen molar-refractivity contribution >= 4 is 5.91 Å². The Morgan fingerprint density at radius 3 is 2.54 bits per heavy atom. The zero-order valence-corrected chi connectivity index (χ0v) is 14.5. The summed E-state index contributed by atoms with van der Waals surface area (Å²) in [6, 6.07) is 21.4. The Kier molecular flexibility index (Phi) is 4.80. The van der Waals surface area contributed by atoms with E-state index < -0.39 is 0 Å². The van der Waals surface area contributed by atoms with Gasteiger partial charge in [0, 0.05) is 18.7 Å². The Morgan fingerprint density at radius 2 is 1.85 bits per heavy atom. The van der Waals surface area contributed by atoms with Crippen LogP contribution in [0.4, 0.5) is 0 Å². The van der Waals surface area contributed by atoms with Crippen molar-refractivity contribution in [1.29, 1.82) is 0 Å². The van der Waals surface area contributed by atoms with Crippen LogP contribution in [0.25, 0.3) is 16.9 Å². The molecule has 26 heavy (non-hydrogen) atoms. The third-order valence-corrected chi connectivity index (χ3v) is 4.53. The van der Waals surface area contributed by atoms with Gasteiger partial charge in [-0.25, -0.2) is 4.68 Å². The number of hydrogen-bond donors (Lipinski definition) is 1. The van der Waals surface area contributed by atoms with Crippen LogP contribution in [0.3, 0.4) is 0 Å². The van der Waals surface area contributed by atoms with Gasteiger partial charge in [0.25, 0.3) is 5.91 Å². The summed E-state index contributed by atoms with van der Waals surface area (Å²) in [6.07, 6.45) is 2.16. The molecule has 1 fully saturated rings. The highest BCUT2D eigenvalue weighted by molar-refractivity contribution is 5.94. The van der Waals surface area contributed by atoms with Crippen LogP contribution in [-0.4, -0.2) is 34.9 Å². The Labute approximate surface area is 152 Å². The smallest absolute Gasteiger partial charge is 0.270 e. The van der Waals surface area contributed by atoms with E-state index in [0.717, 1.165) is 36.4 Å². The van der Waals surface area contributed by atoms with Crippen molar-refractivity contribution < 1.29 is 9.53 Å². The van der Waals surface area contributed by atoms with E-state index in [1.54, 1.807) is 4.68 Å². The second-order valence-electron chi connectivity index (χ2n) is 6.37. The molecular weight excluding hydrogens is 326 g/mol. The first-order valence-electron chi connectivity index (χ1n) is 8.92. The lowest BCUT2D eigenvalue weighted by Crippen LogP contribution is -2.33. The number of rotatable bonds is 5. The molecule has 0 aliphatic carbocycles. The van der Waals surface area contributed by atoms with Crippen molar-refractivity contribution in [3.8, 4) is 16.9 Å². The van der Waals surface area contributed by atoms with Crippen LogP contribution in [-0.2, 0) is 4.74 Å². The van der Waals surface area contributed by atoms with Crippen LogP contribution >= 0.6 is 0 Å². The van der Waals surface area contributed by atoms with E-state index in [9.17, 15) is 4.79 Å².